The quantitative estimate of drug-likeness (QED) is 0.760. The number of anilines is 1. The lowest BCUT2D eigenvalue weighted by Gasteiger charge is -2.55. The molecule has 3 saturated heterocycles. The molecule has 4 heterocycles. The molecule has 148 valence electrons. The second-order valence-electron chi connectivity index (χ2n) is 7.65. The highest BCUT2D eigenvalue weighted by molar-refractivity contribution is 7.89. The number of aromatic nitrogens is 2. The van der Waals surface area contributed by atoms with Gasteiger partial charge < -0.3 is 9.64 Å². The van der Waals surface area contributed by atoms with E-state index in [4.69, 9.17) is 4.74 Å². The molecule has 2 bridgehead atoms. The van der Waals surface area contributed by atoms with E-state index in [0.717, 1.165) is 24.0 Å². The van der Waals surface area contributed by atoms with Crippen molar-refractivity contribution in [2.75, 3.05) is 25.1 Å². The van der Waals surface area contributed by atoms with Gasteiger partial charge in [-0.1, -0.05) is 0 Å². The van der Waals surface area contributed by atoms with Gasteiger partial charge in [0, 0.05) is 42.9 Å². The van der Waals surface area contributed by atoms with Crippen LogP contribution in [-0.4, -0.2) is 55.0 Å². The number of ether oxygens (including phenoxy) is 1. The van der Waals surface area contributed by atoms with Crippen LogP contribution in [0, 0.1) is 5.82 Å². The summed E-state index contributed by atoms with van der Waals surface area (Å²) in [6.07, 6.45) is 4.76. The molecule has 9 heteroatoms. The molecule has 1 saturated carbocycles. The van der Waals surface area contributed by atoms with E-state index in [0.29, 0.717) is 19.0 Å². The van der Waals surface area contributed by atoms with Crippen LogP contribution in [0.25, 0.3) is 0 Å². The van der Waals surface area contributed by atoms with Crippen LogP contribution in [0.5, 0.6) is 5.75 Å². The molecule has 3 aliphatic heterocycles. The van der Waals surface area contributed by atoms with Crippen molar-refractivity contribution >= 4 is 15.8 Å². The summed E-state index contributed by atoms with van der Waals surface area (Å²) >= 11 is 0. The number of piperazine rings is 1. The molecule has 2 unspecified atom stereocenters. The minimum Gasteiger partial charge on any atom is -0.494 e. The maximum atomic E-state index is 14.0. The number of nitrogens with zero attached hydrogens (tertiary/aromatic N) is 4. The van der Waals surface area contributed by atoms with Crippen LogP contribution >= 0.6 is 0 Å². The molecule has 1 aromatic heterocycles. The van der Waals surface area contributed by atoms with Crippen molar-refractivity contribution in [3.05, 3.63) is 42.1 Å². The zero-order valence-electron chi connectivity index (χ0n) is 15.5. The molecule has 1 aromatic carbocycles. The van der Waals surface area contributed by atoms with Gasteiger partial charge in [-0.2, -0.15) is 4.31 Å². The normalized spacial score (nSPS) is 24.7. The summed E-state index contributed by atoms with van der Waals surface area (Å²) in [5.41, 5.74) is 1.07. The lowest BCUT2D eigenvalue weighted by Crippen LogP contribution is -2.70. The predicted molar refractivity (Wildman–Crippen MR) is 100 cm³/mol. The standard InChI is InChI=1S/C19H21FN4O3S/c1-27-18-5-4-15(7-16(18)20)28(25,26)24-13-6-14(24)10-23(9-13)19-8-17(12-2-3-12)21-11-22-19/h4-5,7-8,11-14H,2-3,6,9-10H2,1H3. The Hall–Kier alpha value is -2.26. The molecule has 0 amide bonds. The molecule has 2 aromatic rings. The third kappa shape index (κ3) is 2.84. The molecule has 1 aliphatic carbocycles. The van der Waals surface area contributed by atoms with E-state index in [2.05, 4.69) is 14.9 Å². The molecule has 0 N–H and O–H groups in total. The van der Waals surface area contributed by atoms with Gasteiger partial charge in [0.2, 0.25) is 10.0 Å². The Bertz CT molecular complexity index is 1020. The van der Waals surface area contributed by atoms with Crippen LogP contribution in [0.4, 0.5) is 10.2 Å². The van der Waals surface area contributed by atoms with Crippen molar-refractivity contribution in [2.24, 2.45) is 0 Å². The number of fused-ring (bicyclic) bond motifs is 2. The number of sulfonamides is 1. The predicted octanol–water partition coefficient (Wildman–Crippen LogP) is 2.15. The van der Waals surface area contributed by atoms with Crippen LogP contribution in [0.1, 0.15) is 30.9 Å². The first-order chi connectivity index (χ1) is 13.5. The molecule has 4 aliphatic rings. The van der Waals surface area contributed by atoms with E-state index in [-0.39, 0.29) is 22.7 Å². The third-order valence-corrected chi connectivity index (χ3v) is 7.82. The van der Waals surface area contributed by atoms with E-state index in [1.54, 1.807) is 6.33 Å². The van der Waals surface area contributed by atoms with Crippen LogP contribution < -0.4 is 9.64 Å². The maximum Gasteiger partial charge on any atom is 0.243 e. The number of benzene rings is 1. The lowest BCUT2D eigenvalue weighted by atomic mass is 9.91. The Morgan fingerprint density at radius 2 is 1.89 bits per heavy atom. The minimum absolute atomic E-state index is 0.0316. The minimum atomic E-state index is -3.75. The van der Waals surface area contributed by atoms with Crippen LogP contribution in [-0.2, 0) is 10.0 Å². The van der Waals surface area contributed by atoms with Gasteiger partial charge in [0.1, 0.15) is 12.1 Å². The lowest BCUT2D eigenvalue weighted by molar-refractivity contribution is 0.0874. The molecule has 6 rings (SSSR count). The van der Waals surface area contributed by atoms with Crippen LogP contribution in [0.3, 0.4) is 0 Å². The van der Waals surface area contributed by atoms with Gasteiger partial charge in [0.25, 0.3) is 0 Å². The summed E-state index contributed by atoms with van der Waals surface area (Å²) in [5.74, 6) is 0.760. The van der Waals surface area contributed by atoms with Gasteiger partial charge in [0.05, 0.1) is 12.0 Å². The van der Waals surface area contributed by atoms with E-state index in [9.17, 15) is 12.8 Å². The zero-order valence-corrected chi connectivity index (χ0v) is 16.3. The molecule has 28 heavy (non-hydrogen) atoms. The first-order valence-electron chi connectivity index (χ1n) is 9.41. The highest BCUT2D eigenvalue weighted by Crippen LogP contribution is 2.41. The first-order valence-corrected chi connectivity index (χ1v) is 10.9. The second kappa shape index (κ2) is 6.38. The van der Waals surface area contributed by atoms with Gasteiger partial charge in [-0.3, -0.25) is 0 Å². The Kier molecular flexibility index (Phi) is 4.06. The summed E-state index contributed by atoms with van der Waals surface area (Å²) in [4.78, 5) is 10.8. The van der Waals surface area contributed by atoms with E-state index in [1.165, 1.54) is 36.4 Å². The van der Waals surface area contributed by atoms with Crippen molar-refractivity contribution in [1.82, 2.24) is 14.3 Å². The van der Waals surface area contributed by atoms with Crippen molar-refractivity contribution < 1.29 is 17.5 Å². The van der Waals surface area contributed by atoms with Gasteiger partial charge in [-0.25, -0.2) is 22.8 Å². The third-order valence-electron chi connectivity index (χ3n) is 5.82. The molecular weight excluding hydrogens is 383 g/mol. The Morgan fingerprint density at radius 1 is 1.14 bits per heavy atom. The number of hydrogen-bond donors (Lipinski definition) is 0. The van der Waals surface area contributed by atoms with Crippen molar-refractivity contribution in [2.45, 2.75) is 42.2 Å². The van der Waals surface area contributed by atoms with Crippen molar-refractivity contribution in [1.29, 1.82) is 0 Å². The molecule has 0 radical (unpaired) electrons. The fourth-order valence-electron chi connectivity index (χ4n) is 4.22. The number of piperidine rings is 1. The topological polar surface area (TPSA) is 75.6 Å². The van der Waals surface area contributed by atoms with Gasteiger partial charge in [-0.05, 0) is 37.5 Å². The molecular formula is C19H21FN4O3S. The monoisotopic (exact) mass is 404 g/mol. The average Bonchev–Trinajstić information content (AvgIpc) is 3.53. The Balaban J connectivity index is 1.36. The maximum absolute atomic E-state index is 14.0. The highest BCUT2D eigenvalue weighted by atomic mass is 32.2. The second-order valence-corrected chi connectivity index (χ2v) is 9.50. The highest BCUT2D eigenvalue weighted by Gasteiger charge is 2.51. The van der Waals surface area contributed by atoms with Gasteiger partial charge in [0.15, 0.2) is 11.6 Å². The SMILES string of the molecule is COc1ccc(S(=O)(=O)N2C3CC2CN(c2cc(C4CC4)ncn2)C3)cc1F. The van der Waals surface area contributed by atoms with E-state index >= 15 is 0 Å². The molecule has 2 atom stereocenters. The number of methoxy groups -OCH3 is 1. The fraction of sp³-hybridized carbons (Fsp3) is 0.474. The Morgan fingerprint density at radius 3 is 2.54 bits per heavy atom. The number of hydrogen-bond acceptors (Lipinski definition) is 6. The van der Waals surface area contributed by atoms with Crippen molar-refractivity contribution in [3.8, 4) is 5.75 Å². The first kappa shape index (κ1) is 17.8. The zero-order chi connectivity index (χ0) is 19.5. The summed E-state index contributed by atoms with van der Waals surface area (Å²) in [6.45, 7) is 1.16. The van der Waals surface area contributed by atoms with Crippen molar-refractivity contribution in [3.63, 3.8) is 0 Å². The smallest absolute Gasteiger partial charge is 0.243 e. The summed E-state index contributed by atoms with van der Waals surface area (Å²) in [6, 6.07) is 5.55. The van der Waals surface area contributed by atoms with E-state index in [1.807, 2.05) is 6.07 Å². The largest absolute Gasteiger partial charge is 0.494 e. The van der Waals surface area contributed by atoms with E-state index < -0.39 is 15.8 Å². The molecule has 4 fully saturated rings. The summed E-state index contributed by atoms with van der Waals surface area (Å²) in [5, 5.41) is 0. The van der Waals surface area contributed by atoms with Crippen LogP contribution in [0.2, 0.25) is 0 Å². The molecule has 7 nitrogen and oxygen atoms in total. The fourth-order valence-corrected chi connectivity index (χ4v) is 6.05. The summed E-state index contributed by atoms with van der Waals surface area (Å²) in [7, 11) is -2.40. The summed E-state index contributed by atoms with van der Waals surface area (Å²) < 4.78 is 46.5. The van der Waals surface area contributed by atoms with Gasteiger partial charge >= 0.3 is 0 Å². The average molecular weight is 404 g/mol. The van der Waals surface area contributed by atoms with Gasteiger partial charge in [-0.15, -0.1) is 0 Å². The molecule has 0 spiro atoms. The number of rotatable bonds is 5. The Labute approximate surface area is 163 Å². The number of halogens is 1. The van der Waals surface area contributed by atoms with Crippen LogP contribution in [0.15, 0.2) is 35.5 Å².